The number of aryl methyl sites for hydroxylation is 1. The minimum Gasteiger partial charge on any atom is -0.326 e. The molecule has 3 nitrogen and oxygen atoms in total. The lowest BCUT2D eigenvalue weighted by Gasteiger charge is -2.14. The van der Waals surface area contributed by atoms with Gasteiger partial charge in [0.15, 0.2) is 0 Å². The minimum absolute atomic E-state index is 0.225. The molecule has 0 aliphatic carbocycles. The van der Waals surface area contributed by atoms with Crippen molar-refractivity contribution in [2.45, 2.75) is 25.4 Å². The topological polar surface area (TPSA) is 42.1 Å². The van der Waals surface area contributed by atoms with E-state index in [1.165, 1.54) is 10.6 Å². The van der Waals surface area contributed by atoms with Crippen molar-refractivity contribution in [3.05, 3.63) is 52.0 Å². The first kappa shape index (κ1) is 12.8. The maximum Gasteiger partial charge on any atom is 0.107 e. The molecular formula is C15H19N3S. The SMILES string of the molecule is Cc1csc(CN2C[C@@H](N)[C@H](c3ccccc3)C2)n1. The van der Waals surface area contributed by atoms with E-state index in [1.807, 2.05) is 6.92 Å². The molecule has 0 radical (unpaired) electrons. The van der Waals surface area contributed by atoms with E-state index in [1.54, 1.807) is 11.3 Å². The Kier molecular flexibility index (Phi) is 3.64. The van der Waals surface area contributed by atoms with Gasteiger partial charge in [0.2, 0.25) is 0 Å². The van der Waals surface area contributed by atoms with Crippen LogP contribution in [0.25, 0.3) is 0 Å². The molecule has 100 valence electrons. The molecule has 1 fully saturated rings. The fraction of sp³-hybridized carbons (Fsp3) is 0.400. The van der Waals surface area contributed by atoms with Crippen molar-refractivity contribution in [2.24, 2.45) is 5.73 Å². The number of nitrogens with two attached hydrogens (primary N) is 1. The van der Waals surface area contributed by atoms with E-state index in [9.17, 15) is 0 Å². The van der Waals surface area contributed by atoms with Gasteiger partial charge >= 0.3 is 0 Å². The van der Waals surface area contributed by atoms with Crippen molar-refractivity contribution in [3.63, 3.8) is 0 Å². The van der Waals surface area contributed by atoms with Crippen LogP contribution >= 0.6 is 11.3 Å². The second-order valence-electron chi connectivity index (χ2n) is 5.26. The summed E-state index contributed by atoms with van der Waals surface area (Å²) in [4.78, 5) is 6.95. The summed E-state index contributed by atoms with van der Waals surface area (Å²) in [5, 5.41) is 3.30. The van der Waals surface area contributed by atoms with E-state index in [-0.39, 0.29) is 6.04 Å². The van der Waals surface area contributed by atoms with Crippen LogP contribution < -0.4 is 5.73 Å². The molecule has 1 aliphatic heterocycles. The summed E-state index contributed by atoms with van der Waals surface area (Å²) in [6, 6.07) is 10.8. The van der Waals surface area contributed by atoms with Gasteiger partial charge in [0.25, 0.3) is 0 Å². The molecular weight excluding hydrogens is 254 g/mol. The van der Waals surface area contributed by atoms with Crippen LogP contribution in [0, 0.1) is 6.92 Å². The zero-order chi connectivity index (χ0) is 13.2. The van der Waals surface area contributed by atoms with E-state index in [0.29, 0.717) is 5.92 Å². The molecule has 1 saturated heterocycles. The number of aromatic nitrogens is 1. The van der Waals surface area contributed by atoms with Crippen molar-refractivity contribution in [3.8, 4) is 0 Å². The Morgan fingerprint density at radius 2 is 2.11 bits per heavy atom. The summed E-state index contributed by atoms with van der Waals surface area (Å²) in [5.41, 5.74) is 8.77. The Bertz CT molecular complexity index is 537. The van der Waals surface area contributed by atoms with E-state index in [4.69, 9.17) is 5.73 Å². The normalized spacial score (nSPS) is 23.9. The highest BCUT2D eigenvalue weighted by atomic mass is 32.1. The van der Waals surface area contributed by atoms with Crippen LogP contribution in [0.15, 0.2) is 35.7 Å². The number of hydrogen-bond donors (Lipinski definition) is 1. The Morgan fingerprint density at radius 1 is 1.32 bits per heavy atom. The van der Waals surface area contributed by atoms with Gasteiger partial charge in [0, 0.05) is 36.1 Å². The maximum absolute atomic E-state index is 6.30. The third-order valence-electron chi connectivity index (χ3n) is 3.69. The molecule has 0 saturated carbocycles. The smallest absolute Gasteiger partial charge is 0.107 e. The summed E-state index contributed by atoms with van der Waals surface area (Å²) >= 11 is 1.74. The number of nitrogens with zero attached hydrogens (tertiary/aromatic N) is 2. The van der Waals surface area contributed by atoms with Crippen LogP contribution in [0.3, 0.4) is 0 Å². The van der Waals surface area contributed by atoms with Gasteiger partial charge in [-0.15, -0.1) is 11.3 Å². The maximum atomic E-state index is 6.30. The standard InChI is InChI=1S/C15H19N3S/c1-11-10-19-15(17-11)9-18-7-13(14(16)8-18)12-5-3-2-4-6-12/h2-6,10,13-14H,7-9,16H2,1H3/t13-,14+/m0/s1. The monoisotopic (exact) mass is 273 g/mol. The number of benzene rings is 1. The Balaban J connectivity index is 1.68. The van der Waals surface area contributed by atoms with Crippen molar-refractivity contribution in [1.82, 2.24) is 9.88 Å². The lowest BCUT2D eigenvalue weighted by atomic mass is 9.95. The number of likely N-dealkylation sites (tertiary alicyclic amines) is 1. The zero-order valence-electron chi connectivity index (χ0n) is 11.1. The van der Waals surface area contributed by atoms with Gasteiger partial charge in [-0.2, -0.15) is 0 Å². The first-order valence-corrected chi connectivity index (χ1v) is 7.54. The van der Waals surface area contributed by atoms with Crippen molar-refractivity contribution < 1.29 is 0 Å². The molecule has 2 aromatic rings. The van der Waals surface area contributed by atoms with Crippen LogP contribution in [0.2, 0.25) is 0 Å². The molecule has 0 spiro atoms. The molecule has 2 N–H and O–H groups in total. The van der Waals surface area contributed by atoms with Crippen molar-refractivity contribution in [1.29, 1.82) is 0 Å². The lowest BCUT2D eigenvalue weighted by molar-refractivity contribution is 0.323. The molecule has 0 amide bonds. The van der Waals surface area contributed by atoms with Crippen LogP contribution in [0.5, 0.6) is 0 Å². The first-order valence-electron chi connectivity index (χ1n) is 6.66. The predicted molar refractivity (Wildman–Crippen MR) is 79.3 cm³/mol. The van der Waals surface area contributed by atoms with Gasteiger partial charge in [-0.1, -0.05) is 30.3 Å². The molecule has 0 unspecified atom stereocenters. The molecule has 3 rings (SSSR count). The first-order chi connectivity index (χ1) is 9.22. The molecule has 19 heavy (non-hydrogen) atoms. The number of rotatable bonds is 3. The van der Waals surface area contributed by atoms with Crippen LogP contribution in [-0.2, 0) is 6.54 Å². The Labute approximate surface area is 118 Å². The molecule has 1 aliphatic rings. The van der Waals surface area contributed by atoms with E-state index in [2.05, 4.69) is 45.6 Å². The Hall–Kier alpha value is -1.23. The van der Waals surface area contributed by atoms with Crippen LogP contribution in [-0.4, -0.2) is 29.0 Å². The third kappa shape index (κ3) is 2.86. The van der Waals surface area contributed by atoms with Gasteiger partial charge < -0.3 is 5.73 Å². The molecule has 2 atom stereocenters. The largest absolute Gasteiger partial charge is 0.326 e. The fourth-order valence-corrected chi connectivity index (χ4v) is 3.58. The molecule has 4 heteroatoms. The number of hydrogen-bond acceptors (Lipinski definition) is 4. The highest BCUT2D eigenvalue weighted by Crippen LogP contribution is 2.27. The molecule has 1 aromatic heterocycles. The van der Waals surface area contributed by atoms with Crippen LogP contribution in [0.4, 0.5) is 0 Å². The minimum atomic E-state index is 0.225. The highest BCUT2D eigenvalue weighted by Gasteiger charge is 2.31. The molecule has 1 aromatic carbocycles. The van der Waals surface area contributed by atoms with E-state index in [0.717, 1.165) is 25.3 Å². The summed E-state index contributed by atoms with van der Waals surface area (Å²) in [7, 11) is 0. The second kappa shape index (κ2) is 5.41. The lowest BCUT2D eigenvalue weighted by Crippen LogP contribution is -2.28. The van der Waals surface area contributed by atoms with Gasteiger partial charge in [-0.3, -0.25) is 4.90 Å². The average Bonchev–Trinajstić information content (AvgIpc) is 2.97. The van der Waals surface area contributed by atoms with Crippen molar-refractivity contribution >= 4 is 11.3 Å². The summed E-state index contributed by atoms with van der Waals surface area (Å²) < 4.78 is 0. The summed E-state index contributed by atoms with van der Waals surface area (Å²) in [5.74, 6) is 0.447. The third-order valence-corrected chi connectivity index (χ3v) is 4.65. The quantitative estimate of drug-likeness (QED) is 0.933. The predicted octanol–water partition coefficient (Wildman–Crippen LogP) is 2.38. The second-order valence-corrected chi connectivity index (χ2v) is 6.20. The van der Waals surface area contributed by atoms with E-state index >= 15 is 0 Å². The zero-order valence-corrected chi connectivity index (χ0v) is 11.9. The summed E-state index contributed by atoms with van der Waals surface area (Å²) in [6.45, 7) is 4.96. The van der Waals surface area contributed by atoms with Crippen molar-refractivity contribution in [2.75, 3.05) is 13.1 Å². The fourth-order valence-electron chi connectivity index (χ4n) is 2.76. The molecule has 2 heterocycles. The molecule has 0 bridgehead atoms. The van der Waals surface area contributed by atoms with E-state index < -0.39 is 0 Å². The highest BCUT2D eigenvalue weighted by molar-refractivity contribution is 7.09. The summed E-state index contributed by atoms with van der Waals surface area (Å²) in [6.07, 6.45) is 0. The van der Waals surface area contributed by atoms with Gasteiger partial charge in [0.05, 0.1) is 6.54 Å². The average molecular weight is 273 g/mol. The van der Waals surface area contributed by atoms with Gasteiger partial charge in [-0.05, 0) is 12.5 Å². The van der Waals surface area contributed by atoms with Gasteiger partial charge in [-0.25, -0.2) is 4.98 Å². The number of thiazole rings is 1. The van der Waals surface area contributed by atoms with Gasteiger partial charge in [0.1, 0.15) is 5.01 Å². The Morgan fingerprint density at radius 3 is 2.79 bits per heavy atom. The van der Waals surface area contributed by atoms with Crippen LogP contribution in [0.1, 0.15) is 22.2 Å².